The van der Waals surface area contributed by atoms with Crippen LogP contribution in [0.4, 0.5) is 11.4 Å². The van der Waals surface area contributed by atoms with Crippen molar-refractivity contribution in [2.45, 2.75) is 51.7 Å². The molecule has 3 aromatic rings. The number of carbonyl (C=O) groups excluding carboxylic acids is 1. The topological polar surface area (TPSA) is 89.1 Å². The Hall–Kier alpha value is -3.84. The van der Waals surface area contributed by atoms with Crippen molar-refractivity contribution in [2.75, 3.05) is 24.4 Å². The fraction of sp³-hybridized carbons (Fsp3) is 0.323. The highest BCUT2D eigenvalue weighted by atomic mass is 35.5. The summed E-state index contributed by atoms with van der Waals surface area (Å²) in [5.41, 5.74) is 4.99. The summed E-state index contributed by atoms with van der Waals surface area (Å²) in [7, 11) is 1.62. The summed E-state index contributed by atoms with van der Waals surface area (Å²) in [6, 6.07) is 16.7. The van der Waals surface area contributed by atoms with Crippen LogP contribution in [0.2, 0.25) is 5.02 Å². The molecule has 3 N–H and O–H groups in total. The van der Waals surface area contributed by atoms with Crippen LogP contribution in [0.3, 0.4) is 0 Å². The molecule has 0 spiro atoms. The van der Waals surface area contributed by atoms with Gasteiger partial charge in [0.2, 0.25) is 0 Å². The van der Waals surface area contributed by atoms with E-state index in [0.717, 1.165) is 28.2 Å². The zero-order valence-electron chi connectivity index (χ0n) is 22.5. The second-order valence-corrected chi connectivity index (χ2v) is 10.4. The number of rotatable bonds is 7. The number of ketones is 1. The van der Waals surface area contributed by atoms with Crippen molar-refractivity contribution in [1.29, 1.82) is 0 Å². The van der Waals surface area contributed by atoms with Crippen LogP contribution in [-0.2, 0) is 4.79 Å². The predicted octanol–water partition coefficient (Wildman–Crippen LogP) is 7.22. The van der Waals surface area contributed by atoms with E-state index in [-0.39, 0.29) is 34.3 Å². The van der Waals surface area contributed by atoms with Crippen molar-refractivity contribution in [1.82, 2.24) is 0 Å². The van der Waals surface area contributed by atoms with Crippen LogP contribution in [0.15, 0.2) is 65.9 Å². The van der Waals surface area contributed by atoms with Crippen LogP contribution in [-0.4, -0.2) is 30.7 Å². The lowest BCUT2D eigenvalue weighted by atomic mass is 9.78. The van der Waals surface area contributed by atoms with Gasteiger partial charge in [0, 0.05) is 17.7 Å². The fourth-order valence-electron chi connectivity index (χ4n) is 5.29. The van der Waals surface area contributed by atoms with E-state index < -0.39 is 6.04 Å². The van der Waals surface area contributed by atoms with E-state index in [1.807, 2.05) is 63.2 Å². The lowest BCUT2D eigenvalue weighted by Crippen LogP contribution is -2.27. The Morgan fingerprint density at radius 3 is 2.46 bits per heavy atom. The number of phenols is 1. The second-order valence-electron chi connectivity index (χ2n) is 10.0. The van der Waals surface area contributed by atoms with E-state index in [1.54, 1.807) is 19.2 Å². The largest absolute Gasteiger partial charge is 0.503 e. The molecular weight excluding hydrogens is 516 g/mol. The second kappa shape index (κ2) is 11.1. The van der Waals surface area contributed by atoms with E-state index in [0.29, 0.717) is 36.5 Å². The smallest absolute Gasteiger partial charge is 0.176 e. The van der Waals surface area contributed by atoms with E-state index in [9.17, 15) is 9.90 Å². The van der Waals surface area contributed by atoms with Crippen molar-refractivity contribution in [3.8, 4) is 23.0 Å². The summed E-state index contributed by atoms with van der Waals surface area (Å²) in [5, 5.41) is 17.7. The molecule has 1 aliphatic carbocycles. The van der Waals surface area contributed by atoms with Gasteiger partial charge in [-0.05, 0) is 80.6 Å². The van der Waals surface area contributed by atoms with Gasteiger partial charge in [-0.1, -0.05) is 29.8 Å². The van der Waals surface area contributed by atoms with Crippen LogP contribution >= 0.6 is 11.6 Å². The van der Waals surface area contributed by atoms with Gasteiger partial charge in [0.25, 0.3) is 0 Å². The maximum absolute atomic E-state index is 13.9. The van der Waals surface area contributed by atoms with Gasteiger partial charge in [0.15, 0.2) is 28.8 Å². The number of para-hydroxylation sites is 2. The number of methoxy groups -OCH3 is 1. The first-order valence-corrected chi connectivity index (χ1v) is 13.5. The highest BCUT2D eigenvalue weighted by Crippen LogP contribution is 2.47. The first kappa shape index (κ1) is 26.8. The highest BCUT2D eigenvalue weighted by Gasteiger charge is 2.37. The molecule has 0 aromatic heterocycles. The molecule has 1 aliphatic heterocycles. The molecule has 2 atom stereocenters. The van der Waals surface area contributed by atoms with Crippen molar-refractivity contribution >= 4 is 28.8 Å². The van der Waals surface area contributed by atoms with Gasteiger partial charge in [-0.25, -0.2) is 0 Å². The molecular formula is C31H33ClN2O5. The number of nitrogens with one attached hydrogen (secondary N) is 2. The standard InChI is InChI=1S/C31H33ClN2O5/c1-5-38-28-16-20(12-21(32)31(28)36)30-29-24(33-22-8-6-7-9-23(22)34-30)13-19(14-25(29)35)18-10-11-26(39-17(2)3)27(15-18)37-4/h6-12,15-17,19,30,33-34,36H,5,13-14H2,1-4H3. The average molecular weight is 549 g/mol. The van der Waals surface area contributed by atoms with Gasteiger partial charge >= 0.3 is 0 Å². The third-order valence-electron chi connectivity index (χ3n) is 7.01. The Kier molecular flexibility index (Phi) is 7.62. The molecule has 0 fully saturated rings. The third-order valence-corrected chi connectivity index (χ3v) is 7.30. The molecule has 0 amide bonds. The van der Waals surface area contributed by atoms with Crippen molar-refractivity contribution in [3.05, 3.63) is 82.0 Å². The van der Waals surface area contributed by atoms with Crippen LogP contribution in [0.5, 0.6) is 23.0 Å². The molecule has 1 heterocycles. The van der Waals surface area contributed by atoms with Gasteiger partial charge in [0.05, 0.1) is 42.3 Å². The van der Waals surface area contributed by atoms with Gasteiger partial charge in [-0.15, -0.1) is 0 Å². The SMILES string of the molecule is CCOc1cc(C2Nc3ccccc3NC3=C2C(=O)CC(c2ccc(OC(C)C)c(OC)c2)C3)cc(Cl)c1O. The quantitative estimate of drug-likeness (QED) is 0.287. The van der Waals surface area contributed by atoms with Gasteiger partial charge in [-0.3, -0.25) is 4.79 Å². The molecule has 2 aliphatic rings. The number of halogens is 1. The van der Waals surface area contributed by atoms with Crippen LogP contribution in [0, 0.1) is 0 Å². The average Bonchev–Trinajstić information content (AvgIpc) is 3.08. The first-order valence-electron chi connectivity index (χ1n) is 13.2. The number of aromatic hydroxyl groups is 1. The molecule has 0 saturated carbocycles. The van der Waals surface area contributed by atoms with Crippen molar-refractivity contribution in [2.24, 2.45) is 0 Å². The number of phenolic OH excluding ortho intramolecular Hbond substituents is 1. The third kappa shape index (κ3) is 5.36. The summed E-state index contributed by atoms with van der Waals surface area (Å²) in [5.74, 6) is 1.48. The maximum atomic E-state index is 13.9. The number of Topliss-reactive ketones (excluding diaryl/α,β-unsaturated/α-hetero) is 1. The first-order chi connectivity index (χ1) is 18.8. The Bertz CT molecular complexity index is 1430. The summed E-state index contributed by atoms with van der Waals surface area (Å²) < 4.78 is 17.1. The van der Waals surface area contributed by atoms with Crippen LogP contribution < -0.4 is 24.8 Å². The normalized spacial score (nSPS) is 18.5. The maximum Gasteiger partial charge on any atom is 0.176 e. The molecule has 0 radical (unpaired) electrons. The van der Waals surface area contributed by atoms with Gasteiger partial charge < -0.3 is 30.0 Å². The molecule has 2 unspecified atom stereocenters. The molecule has 8 heteroatoms. The Labute approximate surface area is 233 Å². The van der Waals surface area contributed by atoms with Crippen molar-refractivity contribution < 1.29 is 24.1 Å². The Morgan fingerprint density at radius 2 is 1.74 bits per heavy atom. The molecule has 204 valence electrons. The van der Waals surface area contributed by atoms with E-state index >= 15 is 0 Å². The minimum atomic E-state index is -0.488. The number of fused-ring (bicyclic) bond motifs is 1. The summed E-state index contributed by atoms with van der Waals surface area (Å²) in [6.45, 7) is 6.15. The zero-order chi connectivity index (χ0) is 27.7. The molecule has 39 heavy (non-hydrogen) atoms. The lowest BCUT2D eigenvalue weighted by Gasteiger charge is -2.30. The number of carbonyl (C=O) groups is 1. The number of hydrogen-bond acceptors (Lipinski definition) is 7. The minimum Gasteiger partial charge on any atom is -0.503 e. The fourth-order valence-corrected chi connectivity index (χ4v) is 5.51. The summed E-state index contributed by atoms with van der Waals surface area (Å²) >= 11 is 6.41. The van der Waals surface area contributed by atoms with Crippen LogP contribution in [0.25, 0.3) is 0 Å². The summed E-state index contributed by atoms with van der Waals surface area (Å²) in [4.78, 5) is 13.9. The zero-order valence-corrected chi connectivity index (χ0v) is 23.3. The highest BCUT2D eigenvalue weighted by molar-refractivity contribution is 6.32. The van der Waals surface area contributed by atoms with E-state index in [4.69, 9.17) is 25.8 Å². The van der Waals surface area contributed by atoms with E-state index in [2.05, 4.69) is 10.6 Å². The Balaban J connectivity index is 1.57. The molecule has 0 saturated heterocycles. The van der Waals surface area contributed by atoms with Crippen molar-refractivity contribution in [3.63, 3.8) is 0 Å². The number of anilines is 2. The van der Waals surface area contributed by atoms with Gasteiger partial charge in [0.1, 0.15) is 0 Å². The molecule has 3 aromatic carbocycles. The number of benzene rings is 3. The monoisotopic (exact) mass is 548 g/mol. The number of hydrogen-bond donors (Lipinski definition) is 3. The van der Waals surface area contributed by atoms with Crippen LogP contribution in [0.1, 0.15) is 56.7 Å². The van der Waals surface area contributed by atoms with Gasteiger partial charge in [-0.2, -0.15) is 0 Å². The summed E-state index contributed by atoms with van der Waals surface area (Å²) in [6.07, 6.45) is 0.989. The Morgan fingerprint density at radius 1 is 1.00 bits per heavy atom. The number of ether oxygens (including phenoxy) is 3. The molecule has 5 rings (SSSR count). The predicted molar refractivity (Wildman–Crippen MR) is 153 cm³/mol. The minimum absolute atomic E-state index is 0.0186. The van der Waals surface area contributed by atoms with E-state index in [1.165, 1.54) is 0 Å². The molecule has 0 bridgehead atoms. The lowest BCUT2D eigenvalue weighted by molar-refractivity contribution is -0.116. The molecule has 7 nitrogen and oxygen atoms in total. The number of allylic oxidation sites excluding steroid dienone is 1.